The number of phenolic OH excluding ortho intramolecular Hbond substituents is 2. The van der Waals surface area contributed by atoms with Crippen LogP contribution in [-0.2, 0) is 0 Å². The summed E-state index contributed by atoms with van der Waals surface area (Å²) in [5.74, 6) is 6.79. The second-order valence-electron chi connectivity index (χ2n) is 6.95. The summed E-state index contributed by atoms with van der Waals surface area (Å²) in [5, 5.41) is 20.7. The third kappa shape index (κ3) is 3.77. The summed E-state index contributed by atoms with van der Waals surface area (Å²) < 4.78 is 12.1. The molecule has 32 heavy (non-hydrogen) atoms. The number of terminal acetylenes is 2. The Bertz CT molecular complexity index is 1450. The molecule has 4 aromatic rings. The maximum absolute atomic E-state index is 9.69. The molecule has 0 fully saturated rings. The van der Waals surface area contributed by atoms with E-state index in [-0.39, 0.29) is 22.9 Å². The van der Waals surface area contributed by atoms with Crippen LogP contribution in [0.25, 0.3) is 10.8 Å². The monoisotopic (exact) mass is 422 g/mol. The van der Waals surface area contributed by atoms with E-state index < -0.39 is 0 Å². The molecule has 156 valence electrons. The molecule has 0 aromatic heterocycles. The number of anilines is 2. The van der Waals surface area contributed by atoms with Crippen LogP contribution in [0.5, 0.6) is 34.5 Å². The van der Waals surface area contributed by atoms with Crippen molar-refractivity contribution in [3.05, 3.63) is 71.8 Å². The number of rotatable bonds is 4. The van der Waals surface area contributed by atoms with Crippen molar-refractivity contribution in [1.82, 2.24) is 0 Å². The molecule has 6 nitrogen and oxygen atoms in total. The SMILES string of the molecule is C#Cc1cc(Oc2ccc(O)c(N)c2)c2ccc(C#C)c(Oc3ccc(O)c(N)c3)c2c1. The number of nitrogens with two attached hydrogens (primary N) is 2. The number of phenols is 2. The summed E-state index contributed by atoms with van der Waals surface area (Å²) in [6, 6.07) is 16.1. The van der Waals surface area contributed by atoms with Gasteiger partial charge in [-0.1, -0.05) is 11.8 Å². The highest BCUT2D eigenvalue weighted by molar-refractivity contribution is 5.96. The summed E-state index contributed by atoms with van der Waals surface area (Å²) in [5.41, 5.74) is 13.0. The molecule has 0 atom stereocenters. The first-order chi connectivity index (χ1) is 15.4. The van der Waals surface area contributed by atoms with Gasteiger partial charge in [-0.3, -0.25) is 0 Å². The summed E-state index contributed by atoms with van der Waals surface area (Å²) >= 11 is 0. The Kier molecular flexibility index (Phi) is 5.12. The molecular weight excluding hydrogens is 404 g/mol. The lowest BCUT2D eigenvalue weighted by Gasteiger charge is -2.16. The molecule has 0 saturated carbocycles. The van der Waals surface area contributed by atoms with Gasteiger partial charge in [0, 0.05) is 28.5 Å². The molecule has 0 bridgehead atoms. The van der Waals surface area contributed by atoms with Crippen molar-refractivity contribution in [2.45, 2.75) is 0 Å². The quantitative estimate of drug-likeness (QED) is 0.210. The molecular formula is C26H18N2O4. The lowest BCUT2D eigenvalue weighted by Crippen LogP contribution is -1.95. The third-order valence-corrected chi connectivity index (χ3v) is 4.82. The number of benzene rings is 4. The van der Waals surface area contributed by atoms with E-state index in [0.717, 1.165) is 0 Å². The number of fused-ring (bicyclic) bond motifs is 1. The van der Waals surface area contributed by atoms with E-state index in [0.29, 0.717) is 44.9 Å². The van der Waals surface area contributed by atoms with Crippen LogP contribution in [-0.4, -0.2) is 10.2 Å². The third-order valence-electron chi connectivity index (χ3n) is 4.82. The van der Waals surface area contributed by atoms with E-state index in [4.69, 9.17) is 33.8 Å². The minimum atomic E-state index is -0.0501. The first kappa shape index (κ1) is 20.3. The number of hydrogen-bond acceptors (Lipinski definition) is 6. The lowest BCUT2D eigenvalue weighted by atomic mass is 10.0. The van der Waals surface area contributed by atoms with Crippen molar-refractivity contribution in [2.75, 3.05) is 11.5 Å². The van der Waals surface area contributed by atoms with Crippen molar-refractivity contribution in [1.29, 1.82) is 0 Å². The lowest BCUT2D eigenvalue weighted by molar-refractivity contribution is 0.467. The normalized spacial score (nSPS) is 10.3. The van der Waals surface area contributed by atoms with Crippen LogP contribution in [0.15, 0.2) is 60.7 Å². The average Bonchev–Trinajstić information content (AvgIpc) is 2.79. The van der Waals surface area contributed by atoms with E-state index in [1.807, 2.05) is 6.07 Å². The van der Waals surface area contributed by atoms with Gasteiger partial charge in [0.2, 0.25) is 0 Å². The van der Waals surface area contributed by atoms with E-state index >= 15 is 0 Å². The highest BCUT2D eigenvalue weighted by Crippen LogP contribution is 2.41. The predicted octanol–water partition coefficient (Wildman–Crippen LogP) is 4.96. The number of nitrogen functional groups attached to an aromatic ring is 2. The van der Waals surface area contributed by atoms with Crippen molar-refractivity contribution >= 4 is 22.1 Å². The van der Waals surface area contributed by atoms with Crippen LogP contribution >= 0.6 is 0 Å². The van der Waals surface area contributed by atoms with Crippen LogP contribution in [0.1, 0.15) is 11.1 Å². The van der Waals surface area contributed by atoms with E-state index in [1.165, 1.54) is 24.3 Å². The molecule has 4 aromatic carbocycles. The number of ether oxygens (including phenoxy) is 2. The van der Waals surface area contributed by atoms with E-state index in [1.54, 1.807) is 30.3 Å². The Morgan fingerprint density at radius 3 is 1.88 bits per heavy atom. The summed E-state index contributed by atoms with van der Waals surface area (Å²) in [6.07, 6.45) is 11.4. The van der Waals surface area contributed by atoms with Gasteiger partial charge in [0.25, 0.3) is 0 Å². The summed E-state index contributed by atoms with van der Waals surface area (Å²) in [6.45, 7) is 0. The molecule has 4 rings (SSSR count). The fraction of sp³-hybridized carbons (Fsp3) is 0. The zero-order chi connectivity index (χ0) is 22.8. The van der Waals surface area contributed by atoms with Crippen LogP contribution < -0.4 is 20.9 Å². The Hall–Kier alpha value is -4.94. The van der Waals surface area contributed by atoms with Gasteiger partial charge < -0.3 is 31.2 Å². The predicted molar refractivity (Wildman–Crippen MR) is 125 cm³/mol. The number of hydrogen-bond donors (Lipinski definition) is 4. The van der Waals surface area contributed by atoms with Crippen LogP contribution in [0, 0.1) is 24.7 Å². The highest BCUT2D eigenvalue weighted by atomic mass is 16.5. The molecule has 6 heteroatoms. The molecule has 0 unspecified atom stereocenters. The molecule has 0 aliphatic heterocycles. The van der Waals surface area contributed by atoms with Crippen molar-refractivity contribution in [3.8, 4) is 59.2 Å². The molecule has 0 aliphatic carbocycles. The highest BCUT2D eigenvalue weighted by Gasteiger charge is 2.15. The summed E-state index contributed by atoms with van der Waals surface area (Å²) in [7, 11) is 0. The van der Waals surface area contributed by atoms with Crippen LogP contribution in [0.2, 0.25) is 0 Å². The van der Waals surface area contributed by atoms with Gasteiger partial charge >= 0.3 is 0 Å². The van der Waals surface area contributed by atoms with Crippen LogP contribution in [0.4, 0.5) is 11.4 Å². The number of aromatic hydroxyl groups is 2. The second kappa shape index (κ2) is 8.06. The van der Waals surface area contributed by atoms with Gasteiger partial charge in [-0.15, -0.1) is 12.8 Å². The van der Waals surface area contributed by atoms with Crippen molar-refractivity contribution in [2.24, 2.45) is 0 Å². The van der Waals surface area contributed by atoms with Crippen molar-refractivity contribution < 1.29 is 19.7 Å². The van der Waals surface area contributed by atoms with Gasteiger partial charge in [-0.05, 0) is 48.5 Å². The molecule has 0 heterocycles. The molecule has 0 aliphatic rings. The first-order valence-corrected chi connectivity index (χ1v) is 9.46. The Morgan fingerprint density at radius 2 is 1.31 bits per heavy atom. The Labute approximate surface area is 184 Å². The van der Waals surface area contributed by atoms with Gasteiger partial charge in [0.05, 0.1) is 16.9 Å². The zero-order valence-corrected chi connectivity index (χ0v) is 16.8. The topological polar surface area (TPSA) is 111 Å². The van der Waals surface area contributed by atoms with Crippen LogP contribution in [0.3, 0.4) is 0 Å². The molecule has 0 amide bonds. The Balaban J connectivity index is 1.89. The smallest absolute Gasteiger partial charge is 0.151 e. The maximum Gasteiger partial charge on any atom is 0.151 e. The zero-order valence-electron chi connectivity index (χ0n) is 16.8. The van der Waals surface area contributed by atoms with E-state index in [2.05, 4.69) is 11.8 Å². The summed E-state index contributed by atoms with van der Waals surface area (Å²) in [4.78, 5) is 0. The standard InChI is InChI=1S/C26H18N2O4/c1-3-15-11-20-19(25(12-15)31-17-6-9-23(29)21(27)13-17)8-5-16(4-2)26(20)32-18-7-10-24(30)22(28)14-18/h1-2,5-14,29-30H,27-28H2. The van der Waals surface area contributed by atoms with Gasteiger partial charge in [0.15, 0.2) is 5.75 Å². The van der Waals surface area contributed by atoms with Gasteiger partial charge in [0.1, 0.15) is 28.7 Å². The second-order valence-corrected chi connectivity index (χ2v) is 6.95. The van der Waals surface area contributed by atoms with Gasteiger partial charge in [-0.25, -0.2) is 0 Å². The molecule has 0 radical (unpaired) electrons. The minimum absolute atomic E-state index is 0.0397. The fourth-order valence-corrected chi connectivity index (χ4v) is 3.20. The fourth-order valence-electron chi connectivity index (χ4n) is 3.20. The van der Waals surface area contributed by atoms with E-state index in [9.17, 15) is 10.2 Å². The molecule has 6 N–H and O–H groups in total. The minimum Gasteiger partial charge on any atom is -0.506 e. The average molecular weight is 422 g/mol. The first-order valence-electron chi connectivity index (χ1n) is 9.46. The Morgan fingerprint density at radius 1 is 0.688 bits per heavy atom. The molecule has 0 spiro atoms. The molecule has 0 saturated heterocycles. The largest absolute Gasteiger partial charge is 0.506 e. The van der Waals surface area contributed by atoms with Gasteiger partial charge in [-0.2, -0.15) is 0 Å². The van der Waals surface area contributed by atoms with Crippen molar-refractivity contribution in [3.63, 3.8) is 0 Å². The maximum atomic E-state index is 9.69.